The van der Waals surface area contributed by atoms with Crippen LogP contribution in [0.25, 0.3) is 0 Å². The van der Waals surface area contributed by atoms with Crippen molar-refractivity contribution < 1.29 is 9.53 Å². The maximum atomic E-state index is 11.4. The molecular formula is C10H15NO2. The van der Waals surface area contributed by atoms with E-state index in [-0.39, 0.29) is 5.97 Å². The molecule has 0 aliphatic heterocycles. The Morgan fingerprint density at radius 3 is 2.69 bits per heavy atom. The molecule has 0 aromatic carbocycles. The summed E-state index contributed by atoms with van der Waals surface area (Å²) in [6, 6.07) is 2.06. The summed E-state index contributed by atoms with van der Waals surface area (Å²) in [6.45, 7) is 3.77. The largest absolute Gasteiger partial charge is 0.465 e. The summed E-state index contributed by atoms with van der Waals surface area (Å²) in [5.41, 5.74) is -0.919. The predicted molar refractivity (Wildman–Crippen MR) is 47.7 cm³/mol. The average Bonchev–Trinajstić information content (AvgIpc) is 2.88. The van der Waals surface area contributed by atoms with E-state index in [1.54, 1.807) is 13.8 Å². The van der Waals surface area contributed by atoms with Gasteiger partial charge in [-0.3, -0.25) is 4.79 Å². The van der Waals surface area contributed by atoms with Crippen LogP contribution in [-0.4, -0.2) is 12.6 Å². The van der Waals surface area contributed by atoms with Gasteiger partial charge in [-0.2, -0.15) is 5.26 Å². The molecule has 13 heavy (non-hydrogen) atoms. The Hall–Kier alpha value is -1.04. The Balaban J connectivity index is 2.56. The van der Waals surface area contributed by atoms with Crippen molar-refractivity contribution in [3.63, 3.8) is 0 Å². The zero-order valence-corrected chi connectivity index (χ0v) is 8.17. The van der Waals surface area contributed by atoms with Crippen molar-refractivity contribution in [1.82, 2.24) is 0 Å². The van der Waals surface area contributed by atoms with Gasteiger partial charge in [0.1, 0.15) is 0 Å². The maximum absolute atomic E-state index is 11.4. The third-order valence-electron chi connectivity index (χ3n) is 2.37. The molecule has 0 aromatic heterocycles. The van der Waals surface area contributed by atoms with E-state index in [1.165, 1.54) is 0 Å². The maximum Gasteiger partial charge on any atom is 0.326 e. The SMILES string of the molecule is CCOC(=O)C(C)(C#N)CC1CC1. The third kappa shape index (κ3) is 2.45. The fourth-order valence-electron chi connectivity index (χ4n) is 1.36. The minimum Gasteiger partial charge on any atom is -0.465 e. The van der Waals surface area contributed by atoms with Crippen molar-refractivity contribution in [2.45, 2.75) is 33.1 Å². The lowest BCUT2D eigenvalue weighted by Crippen LogP contribution is -2.28. The van der Waals surface area contributed by atoms with E-state index in [4.69, 9.17) is 10.00 Å². The number of carbonyl (C=O) groups is 1. The zero-order valence-electron chi connectivity index (χ0n) is 8.17. The molecule has 1 saturated carbocycles. The Labute approximate surface area is 78.7 Å². The molecule has 0 amide bonds. The van der Waals surface area contributed by atoms with Gasteiger partial charge in [-0.15, -0.1) is 0 Å². The lowest BCUT2D eigenvalue weighted by atomic mass is 9.86. The van der Waals surface area contributed by atoms with Crippen molar-refractivity contribution in [1.29, 1.82) is 5.26 Å². The van der Waals surface area contributed by atoms with Crippen LogP contribution in [0.4, 0.5) is 0 Å². The van der Waals surface area contributed by atoms with Crippen LogP contribution in [0.5, 0.6) is 0 Å². The monoisotopic (exact) mass is 181 g/mol. The Bertz CT molecular complexity index is 240. The van der Waals surface area contributed by atoms with Gasteiger partial charge in [0.25, 0.3) is 0 Å². The molecule has 1 aliphatic carbocycles. The van der Waals surface area contributed by atoms with Crippen molar-refractivity contribution in [2.75, 3.05) is 6.61 Å². The molecule has 3 heteroatoms. The van der Waals surface area contributed by atoms with Gasteiger partial charge in [0.05, 0.1) is 12.7 Å². The summed E-state index contributed by atoms with van der Waals surface area (Å²) in [6.07, 6.45) is 2.95. The molecule has 0 N–H and O–H groups in total. The van der Waals surface area contributed by atoms with Crippen LogP contribution >= 0.6 is 0 Å². The van der Waals surface area contributed by atoms with E-state index in [1.807, 2.05) is 0 Å². The van der Waals surface area contributed by atoms with Crippen LogP contribution in [0.3, 0.4) is 0 Å². The van der Waals surface area contributed by atoms with Gasteiger partial charge in [-0.05, 0) is 26.2 Å². The molecule has 0 radical (unpaired) electrons. The first-order valence-electron chi connectivity index (χ1n) is 4.71. The van der Waals surface area contributed by atoms with Crippen molar-refractivity contribution >= 4 is 5.97 Å². The van der Waals surface area contributed by atoms with Crippen LogP contribution in [-0.2, 0) is 9.53 Å². The van der Waals surface area contributed by atoms with Crippen LogP contribution in [0.2, 0.25) is 0 Å². The molecule has 72 valence electrons. The van der Waals surface area contributed by atoms with Gasteiger partial charge in [0.15, 0.2) is 5.41 Å². The molecule has 0 spiro atoms. The molecule has 0 aromatic rings. The highest BCUT2D eigenvalue weighted by Crippen LogP contribution is 2.40. The highest BCUT2D eigenvalue weighted by atomic mass is 16.5. The first kappa shape index (κ1) is 10.0. The van der Waals surface area contributed by atoms with Gasteiger partial charge in [-0.25, -0.2) is 0 Å². The molecule has 1 atom stereocenters. The fourth-order valence-corrected chi connectivity index (χ4v) is 1.36. The predicted octanol–water partition coefficient (Wildman–Crippen LogP) is 1.88. The first-order chi connectivity index (χ1) is 6.12. The lowest BCUT2D eigenvalue weighted by Gasteiger charge is -2.18. The molecule has 0 bridgehead atoms. The van der Waals surface area contributed by atoms with E-state index < -0.39 is 5.41 Å². The van der Waals surface area contributed by atoms with Gasteiger partial charge < -0.3 is 4.74 Å². The Morgan fingerprint density at radius 1 is 1.69 bits per heavy atom. The number of hydrogen-bond donors (Lipinski definition) is 0. The minimum atomic E-state index is -0.919. The second kappa shape index (κ2) is 3.78. The summed E-state index contributed by atoms with van der Waals surface area (Å²) in [5, 5.41) is 8.91. The zero-order chi connectivity index (χ0) is 9.90. The van der Waals surface area contributed by atoms with Gasteiger partial charge in [-0.1, -0.05) is 12.8 Å². The van der Waals surface area contributed by atoms with E-state index >= 15 is 0 Å². The Morgan fingerprint density at radius 2 is 2.31 bits per heavy atom. The third-order valence-corrected chi connectivity index (χ3v) is 2.37. The fraction of sp³-hybridized carbons (Fsp3) is 0.800. The normalized spacial score (nSPS) is 20.1. The van der Waals surface area contributed by atoms with Crippen molar-refractivity contribution in [3.05, 3.63) is 0 Å². The van der Waals surface area contributed by atoms with Crippen LogP contribution in [0, 0.1) is 22.7 Å². The highest BCUT2D eigenvalue weighted by Gasteiger charge is 2.40. The quantitative estimate of drug-likeness (QED) is 0.622. The molecule has 1 rings (SSSR count). The molecule has 1 aliphatic rings. The second-order valence-electron chi connectivity index (χ2n) is 3.81. The summed E-state index contributed by atoms with van der Waals surface area (Å²) < 4.78 is 4.87. The highest BCUT2D eigenvalue weighted by molar-refractivity contribution is 5.79. The van der Waals surface area contributed by atoms with Crippen molar-refractivity contribution in [2.24, 2.45) is 11.3 Å². The van der Waals surface area contributed by atoms with Crippen LogP contribution < -0.4 is 0 Å². The van der Waals surface area contributed by atoms with E-state index in [2.05, 4.69) is 6.07 Å². The summed E-state index contributed by atoms with van der Waals surface area (Å²) in [7, 11) is 0. The number of carbonyl (C=O) groups excluding carboxylic acids is 1. The van der Waals surface area contributed by atoms with Gasteiger partial charge in [0, 0.05) is 0 Å². The molecule has 1 fully saturated rings. The number of hydrogen-bond acceptors (Lipinski definition) is 3. The lowest BCUT2D eigenvalue weighted by molar-refractivity contribution is -0.151. The standard InChI is InChI=1S/C10H15NO2/c1-3-13-9(12)10(2,7-11)6-8-4-5-8/h8H,3-6H2,1-2H3. The van der Waals surface area contributed by atoms with Gasteiger partial charge >= 0.3 is 5.97 Å². The van der Waals surface area contributed by atoms with E-state index in [0.29, 0.717) is 18.9 Å². The number of nitrogens with zero attached hydrogens (tertiary/aromatic N) is 1. The smallest absolute Gasteiger partial charge is 0.326 e. The number of rotatable bonds is 4. The molecule has 0 saturated heterocycles. The second-order valence-corrected chi connectivity index (χ2v) is 3.81. The Kier molecular flexibility index (Phi) is 2.92. The molecule has 3 nitrogen and oxygen atoms in total. The van der Waals surface area contributed by atoms with E-state index in [0.717, 1.165) is 12.8 Å². The number of esters is 1. The molecule has 1 unspecified atom stereocenters. The van der Waals surface area contributed by atoms with Gasteiger partial charge in [0.2, 0.25) is 0 Å². The summed E-state index contributed by atoms with van der Waals surface area (Å²) in [4.78, 5) is 11.4. The van der Waals surface area contributed by atoms with Crippen LogP contribution in [0.15, 0.2) is 0 Å². The number of ether oxygens (including phenoxy) is 1. The summed E-state index contributed by atoms with van der Waals surface area (Å²) in [5.74, 6) is 0.193. The summed E-state index contributed by atoms with van der Waals surface area (Å²) >= 11 is 0. The molecule has 0 heterocycles. The van der Waals surface area contributed by atoms with Crippen LogP contribution in [0.1, 0.15) is 33.1 Å². The number of nitriles is 1. The average molecular weight is 181 g/mol. The minimum absolute atomic E-state index is 0.348. The topological polar surface area (TPSA) is 50.1 Å². The molecular weight excluding hydrogens is 166 g/mol. The first-order valence-corrected chi connectivity index (χ1v) is 4.71. The van der Waals surface area contributed by atoms with E-state index in [9.17, 15) is 4.79 Å². The van der Waals surface area contributed by atoms with Crippen molar-refractivity contribution in [3.8, 4) is 6.07 Å².